The minimum atomic E-state index is 0.0771. The van der Waals surface area contributed by atoms with Gasteiger partial charge in [-0.05, 0) is 40.1 Å². The topological polar surface area (TPSA) is 29.5 Å². The molecule has 0 aliphatic carbocycles. The number of carbonyl (C=O) groups excluding carboxylic acids is 1. The number of rotatable bonds is 5. The minimum absolute atomic E-state index is 0.0771. The zero-order valence-corrected chi connectivity index (χ0v) is 10.4. The average Bonchev–Trinajstić information content (AvgIpc) is 2.16. The van der Waals surface area contributed by atoms with Gasteiger partial charge in [-0.25, -0.2) is 0 Å². The second-order valence-electron chi connectivity index (χ2n) is 4.32. The fraction of sp³-hybridized carbons (Fsp3) is 0.462. The summed E-state index contributed by atoms with van der Waals surface area (Å²) in [7, 11) is 3.76. The Bertz CT molecular complexity index is 359. The number of carbonyl (C=O) groups is 1. The lowest BCUT2D eigenvalue weighted by molar-refractivity contribution is 0.0952. The van der Waals surface area contributed by atoms with Crippen molar-refractivity contribution in [2.45, 2.75) is 20.0 Å². The summed E-state index contributed by atoms with van der Waals surface area (Å²) in [5, 5.41) is 0. The van der Waals surface area contributed by atoms with Crippen LogP contribution in [0.5, 0.6) is 5.75 Å². The highest BCUT2D eigenvalue weighted by Crippen LogP contribution is 2.19. The Kier molecular flexibility index (Phi) is 4.50. The maximum absolute atomic E-state index is 11.9. The number of likely N-dealkylation sites (N-methyl/N-ethyl adjacent to an activating group) is 1. The van der Waals surface area contributed by atoms with E-state index in [0.29, 0.717) is 17.9 Å². The maximum atomic E-state index is 11.9. The molecule has 1 aromatic carbocycles. The van der Waals surface area contributed by atoms with Crippen molar-refractivity contribution in [1.82, 2.24) is 4.90 Å². The highest BCUT2D eigenvalue weighted by Gasteiger charge is 2.13. The second kappa shape index (κ2) is 5.66. The van der Waals surface area contributed by atoms with Crippen molar-refractivity contribution >= 4 is 5.78 Å². The molecule has 0 saturated carbocycles. The van der Waals surface area contributed by atoms with E-state index < -0.39 is 0 Å². The van der Waals surface area contributed by atoms with E-state index >= 15 is 0 Å². The van der Waals surface area contributed by atoms with E-state index in [1.165, 1.54) is 0 Å². The van der Waals surface area contributed by atoms with Crippen LogP contribution in [0.15, 0.2) is 24.3 Å². The molecule has 0 aliphatic rings. The largest absolute Gasteiger partial charge is 0.490 e. The Morgan fingerprint density at radius 2 is 1.94 bits per heavy atom. The third-order valence-electron chi connectivity index (χ3n) is 2.01. The molecule has 88 valence electrons. The number of Topliss-reactive ketones (excluding diaryl/α,β-unsaturated/α-hetero) is 1. The Labute approximate surface area is 97.0 Å². The van der Waals surface area contributed by atoms with Gasteiger partial charge in [0.25, 0.3) is 0 Å². The SMILES string of the molecule is CC(C)Oc1ccccc1C(=O)CN(C)C. The summed E-state index contributed by atoms with van der Waals surface area (Å²) in [5.41, 5.74) is 0.657. The molecule has 0 atom stereocenters. The maximum Gasteiger partial charge on any atom is 0.180 e. The van der Waals surface area contributed by atoms with Crippen molar-refractivity contribution in [2.75, 3.05) is 20.6 Å². The molecule has 1 aromatic rings. The van der Waals surface area contributed by atoms with Gasteiger partial charge in [0.1, 0.15) is 5.75 Å². The lowest BCUT2D eigenvalue weighted by Gasteiger charge is -2.14. The normalized spacial score (nSPS) is 10.9. The highest BCUT2D eigenvalue weighted by molar-refractivity contribution is 6.00. The van der Waals surface area contributed by atoms with Gasteiger partial charge in [0.2, 0.25) is 0 Å². The summed E-state index contributed by atoms with van der Waals surface area (Å²) in [5.74, 6) is 0.755. The summed E-state index contributed by atoms with van der Waals surface area (Å²) in [6.07, 6.45) is 0.0771. The smallest absolute Gasteiger partial charge is 0.180 e. The van der Waals surface area contributed by atoms with E-state index in [9.17, 15) is 4.79 Å². The first kappa shape index (κ1) is 12.7. The quantitative estimate of drug-likeness (QED) is 0.714. The molecule has 16 heavy (non-hydrogen) atoms. The number of para-hydroxylation sites is 1. The zero-order valence-electron chi connectivity index (χ0n) is 10.4. The summed E-state index contributed by atoms with van der Waals surface area (Å²) < 4.78 is 5.61. The van der Waals surface area contributed by atoms with Crippen molar-refractivity contribution in [2.24, 2.45) is 0 Å². The molecule has 3 heteroatoms. The van der Waals surface area contributed by atoms with Crippen LogP contribution in [0, 0.1) is 0 Å². The summed E-state index contributed by atoms with van der Waals surface area (Å²) in [6, 6.07) is 7.38. The lowest BCUT2D eigenvalue weighted by atomic mass is 10.1. The molecule has 0 unspecified atom stereocenters. The van der Waals surface area contributed by atoms with Crippen LogP contribution in [0.1, 0.15) is 24.2 Å². The molecule has 0 amide bonds. The van der Waals surface area contributed by atoms with Crippen molar-refractivity contribution in [1.29, 1.82) is 0 Å². The van der Waals surface area contributed by atoms with Crippen molar-refractivity contribution in [3.8, 4) is 5.75 Å². The molecule has 0 fully saturated rings. The van der Waals surface area contributed by atoms with Gasteiger partial charge in [-0.3, -0.25) is 4.79 Å². The van der Waals surface area contributed by atoms with Gasteiger partial charge in [-0.2, -0.15) is 0 Å². The molecule has 3 nitrogen and oxygen atoms in total. The van der Waals surface area contributed by atoms with Crippen LogP contribution >= 0.6 is 0 Å². The van der Waals surface area contributed by atoms with E-state index in [4.69, 9.17) is 4.74 Å². The molecule has 0 aromatic heterocycles. The Morgan fingerprint density at radius 1 is 1.31 bits per heavy atom. The molecule has 0 spiro atoms. The number of hydrogen-bond donors (Lipinski definition) is 0. The number of ether oxygens (including phenoxy) is 1. The van der Waals surface area contributed by atoms with Crippen LogP contribution in [0.25, 0.3) is 0 Å². The van der Waals surface area contributed by atoms with Gasteiger partial charge in [0.15, 0.2) is 5.78 Å². The molecule has 0 saturated heterocycles. The Balaban J connectivity index is 2.89. The van der Waals surface area contributed by atoms with E-state index in [0.717, 1.165) is 0 Å². The lowest BCUT2D eigenvalue weighted by Crippen LogP contribution is -2.22. The van der Waals surface area contributed by atoms with Crippen LogP contribution in [-0.2, 0) is 0 Å². The van der Waals surface area contributed by atoms with Crippen molar-refractivity contribution in [3.63, 3.8) is 0 Å². The van der Waals surface area contributed by atoms with Crippen LogP contribution < -0.4 is 4.74 Å². The third-order valence-corrected chi connectivity index (χ3v) is 2.01. The van der Waals surface area contributed by atoms with Crippen LogP contribution in [0.4, 0.5) is 0 Å². The second-order valence-corrected chi connectivity index (χ2v) is 4.32. The van der Waals surface area contributed by atoms with Crippen LogP contribution in [0.3, 0.4) is 0 Å². The van der Waals surface area contributed by atoms with Gasteiger partial charge < -0.3 is 9.64 Å². The van der Waals surface area contributed by atoms with E-state index in [1.54, 1.807) is 0 Å². The number of hydrogen-bond acceptors (Lipinski definition) is 3. The average molecular weight is 221 g/mol. The molecule has 0 heterocycles. The van der Waals surface area contributed by atoms with Crippen LogP contribution in [0.2, 0.25) is 0 Å². The molecule has 0 N–H and O–H groups in total. The van der Waals surface area contributed by atoms with Gasteiger partial charge >= 0.3 is 0 Å². The standard InChI is InChI=1S/C13H19NO2/c1-10(2)16-13-8-6-5-7-11(13)12(15)9-14(3)4/h5-8,10H,9H2,1-4H3. The van der Waals surface area contributed by atoms with Gasteiger partial charge in [0.05, 0.1) is 18.2 Å². The number of ketones is 1. The fourth-order valence-electron chi connectivity index (χ4n) is 1.43. The highest BCUT2D eigenvalue weighted by atomic mass is 16.5. The Hall–Kier alpha value is -1.35. The number of nitrogens with zero attached hydrogens (tertiary/aromatic N) is 1. The molecular formula is C13H19NO2. The van der Waals surface area contributed by atoms with Crippen molar-refractivity contribution < 1.29 is 9.53 Å². The molecule has 0 bridgehead atoms. The summed E-state index contributed by atoms with van der Waals surface area (Å²) in [4.78, 5) is 13.8. The fourth-order valence-corrected chi connectivity index (χ4v) is 1.43. The first-order valence-electron chi connectivity index (χ1n) is 5.44. The van der Waals surface area contributed by atoms with E-state index in [-0.39, 0.29) is 11.9 Å². The molecule has 0 aliphatic heterocycles. The summed E-state index contributed by atoms with van der Waals surface area (Å²) >= 11 is 0. The van der Waals surface area contributed by atoms with Crippen molar-refractivity contribution in [3.05, 3.63) is 29.8 Å². The Morgan fingerprint density at radius 3 is 2.50 bits per heavy atom. The third kappa shape index (κ3) is 3.66. The van der Waals surface area contributed by atoms with E-state index in [1.807, 2.05) is 57.1 Å². The summed E-state index contributed by atoms with van der Waals surface area (Å²) in [6.45, 7) is 4.30. The molecule has 0 radical (unpaired) electrons. The van der Waals surface area contributed by atoms with Gasteiger partial charge in [-0.15, -0.1) is 0 Å². The molecule has 1 rings (SSSR count). The number of benzene rings is 1. The van der Waals surface area contributed by atoms with Crippen LogP contribution in [-0.4, -0.2) is 37.4 Å². The first-order valence-corrected chi connectivity index (χ1v) is 5.44. The van der Waals surface area contributed by atoms with E-state index in [2.05, 4.69) is 0 Å². The zero-order chi connectivity index (χ0) is 12.1. The van der Waals surface area contributed by atoms with Gasteiger partial charge in [0, 0.05) is 0 Å². The first-order chi connectivity index (χ1) is 7.50. The van der Waals surface area contributed by atoms with Gasteiger partial charge in [-0.1, -0.05) is 12.1 Å². The molecular weight excluding hydrogens is 202 g/mol. The monoisotopic (exact) mass is 221 g/mol. The predicted octanol–water partition coefficient (Wildman–Crippen LogP) is 2.22. The minimum Gasteiger partial charge on any atom is -0.490 e. The predicted molar refractivity (Wildman–Crippen MR) is 65.1 cm³/mol.